The summed E-state index contributed by atoms with van der Waals surface area (Å²) in [6, 6.07) is 0. The molecule has 0 fully saturated rings. The van der Waals surface area contributed by atoms with E-state index in [-0.39, 0.29) is 17.4 Å². The molecule has 0 spiro atoms. The molecule has 0 rings (SSSR count). The van der Waals surface area contributed by atoms with Gasteiger partial charge in [-0.15, -0.1) is 0 Å². The van der Waals surface area contributed by atoms with Gasteiger partial charge in [-0.1, -0.05) is 0 Å². The molecule has 5 heavy (non-hydrogen) atoms. The Morgan fingerprint density at radius 1 is 1.40 bits per heavy atom. The Balaban J connectivity index is 0. The normalized spacial score (nSPS) is 4.80. The van der Waals surface area contributed by atoms with Crippen LogP contribution in [0, 0.1) is 0 Å². The Hall–Kier alpha value is -0.198. The largest absolute Gasteiger partial charge is 3.00 e. The molecule has 0 aliphatic heterocycles. The van der Waals surface area contributed by atoms with Crippen LogP contribution < -0.4 is 10.2 Å². The summed E-state index contributed by atoms with van der Waals surface area (Å²) in [6.07, 6.45) is -2.33. The van der Waals surface area contributed by atoms with E-state index in [0.29, 0.717) is 0 Å². The summed E-state index contributed by atoms with van der Waals surface area (Å²) in [6.45, 7) is 0. The third-order valence-electron chi connectivity index (χ3n) is 0. The molecule has 0 heterocycles. The van der Waals surface area contributed by atoms with Crippen LogP contribution in [-0.4, -0.2) is 6.16 Å². The summed E-state index contributed by atoms with van der Waals surface area (Å²) in [5.74, 6) is 0. The molecule has 0 atom stereocenters. The van der Waals surface area contributed by atoms with E-state index in [9.17, 15) is 0 Å². The molecule has 0 amide bonds. The zero-order valence-corrected chi connectivity index (χ0v) is 3.41. The van der Waals surface area contributed by atoms with E-state index in [1.165, 1.54) is 0 Å². The zero-order valence-electron chi connectivity index (χ0n) is 2.13. The van der Waals surface area contributed by atoms with Crippen LogP contribution in [0.3, 0.4) is 0 Å². The quantitative estimate of drug-likeness (QED) is 0.349. The van der Waals surface area contributed by atoms with Gasteiger partial charge in [-0.25, -0.2) is 0 Å². The Morgan fingerprint density at radius 2 is 1.40 bits per heavy atom. The van der Waals surface area contributed by atoms with Crippen LogP contribution in [0.5, 0.6) is 0 Å². The maximum atomic E-state index is 8.33. The van der Waals surface area contributed by atoms with Crippen molar-refractivity contribution in [1.82, 2.24) is 0 Å². The van der Waals surface area contributed by atoms with Gasteiger partial charge in [-0.05, 0) is 6.16 Å². The molecular formula is CCrO3+. The molecule has 4 heteroatoms. The smallest absolute Gasteiger partial charge is 0.652 e. The first-order valence-electron chi connectivity index (χ1n) is 0.612. The molecule has 0 aromatic carbocycles. The van der Waals surface area contributed by atoms with Crippen molar-refractivity contribution in [2.24, 2.45) is 0 Å². The van der Waals surface area contributed by atoms with Gasteiger partial charge in [0, 0.05) is 0 Å². The molecule has 0 aromatic heterocycles. The minimum atomic E-state index is -2.33. The number of carboxylic acid groups (broad SMARTS) is 2. The average molecular weight is 112 g/mol. The second-order valence-electron chi connectivity index (χ2n) is 0.250. The van der Waals surface area contributed by atoms with Gasteiger partial charge < -0.3 is 15.0 Å². The third kappa shape index (κ3) is 317. The maximum absolute atomic E-state index is 8.33. The van der Waals surface area contributed by atoms with Crippen molar-refractivity contribution in [3.8, 4) is 0 Å². The van der Waals surface area contributed by atoms with Crippen LogP contribution in [0.15, 0.2) is 0 Å². The fourth-order valence-electron chi connectivity index (χ4n) is 0. The fraction of sp³-hybridized carbons (Fsp3) is 0. The first-order valence-corrected chi connectivity index (χ1v) is 0.612. The number of hydrogen-bond acceptors (Lipinski definition) is 3. The summed E-state index contributed by atoms with van der Waals surface area (Å²) >= 11 is 0. The van der Waals surface area contributed by atoms with Crippen molar-refractivity contribution in [3.05, 3.63) is 0 Å². The topological polar surface area (TPSA) is 63.2 Å². The van der Waals surface area contributed by atoms with Crippen molar-refractivity contribution in [2.45, 2.75) is 0 Å². The van der Waals surface area contributed by atoms with E-state index in [1.807, 2.05) is 0 Å². The molecule has 0 N–H and O–H groups in total. The van der Waals surface area contributed by atoms with Gasteiger partial charge in [0.2, 0.25) is 0 Å². The Labute approximate surface area is 39.4 Å². The van der Waals surface area contributed by atoms with Crippen LogP contribution in [0.25, 0.3) is 0 Å². The monoisotopic (exact) mass is 112 g/mol. The number of rotatable bonds is 0. The Bertz CT molecular complexity index is 29.9. The van der Waals surface area contributed by atoms with Gasteiger partial charge in [-0.3, -0.25) is 0 Å². The predicted octanol–water partition coefficient (Wildman–Crippen LogP) is -2.45. The van der Waals surface area contributed by atoms with E-state index in [2.05, 4.69) is 0 Å². The van der Waals surface area contributed by atoms with Gasteiger partial charge in [0.15, 0.2) is 0 Å². The minimum absolute atomic E-state index is 0. The number of carbonyl (C=O) groups is 1. The van der Waals surface area contributed by atoms with Crippen molar-refractivity contribution < 1.29 is 32.4 Å². The van der Waals surface area contributed by atoms with E-state index < -0.39 is 6.16 Å². The maximum Gasteiger partial charge on any atom is 3.00 e. The van der Waals surface area contributed by atoms with Crippen LogP contribution in [0.2, 0.25) is 0 Å². The molecule has 0 bridgehead atoms. The van der Waals surface area contributed by atoms with Crippen molar-refractivity contribution >= 4 is 6.16 Å². The van der Waals surface area contributed by atoms with Gasteiger partial charge >= 0.3 is 17.4 Å². The first-order chi connectivity index (χ1) is 1.73. The average Bonchev–Trinajstić information content (AvgIpc) is 0.811. The SMILES string of the molecule is O=C([O-])[O-].[Cr+3]. The molecule has 0 aliphatic rings. The van der Waals surface area contributed by atoms with Crippen molar-refractivity contribution in [2.75, 3.05) is 0 Å². The van der Waals surface area contributed by atoms with Crippen LogP contribution >= 0.6 is 0 Å². The summed E-state index contributed by atoms with van der Waals surface area (Å²) in [5.41, 5.74) is 0. The number of hydrogen-bond donors (Lipinski definition) is 0. The molecule has 0 saturated carbocycles. The van der Waals surface area contributed by atoms with Crippen LogP contribution in [0.4, 0.5) is 4.79 Å². The van der Waals surface area contributed by atoms with Crippen molar-refractivity contribution in [1.29, 1.82) is 0 Å². The predicted molar refractivity (Wildman–Crippen MR) is 5.40 cm³/mol. The summed E-state index contributed by atoms with van der Waals surface area (Å²) in [4.78, 5) is 8.33. The minimum Gasteiger partial charge on any atom is -0.652 e. The molecule has 0 unspecified atom stereocenters. The van der Waals surface area contributed by atoms with E-state index in [4.69, 9.17) is 15.0 Å². The van der Waals surface area contributed by atoms with Gasteiger partial charge in [0.1, 0.15) is 0 Å². The molecule has 0 aliphatic carbocycles. The second kappa shape index (κ2) is 3.80. The summed E-state index contributed by atoms with van der Waals surface area (Å²) in [5, 5.41) is 16.7. The molecule has 3 nitrogen and oxygen atoms in total. The van der Waals surface area contributed by atoms with E-state index in [0.717, 1.165) is 0 Å². The Kier molecular flexibility index (Phi) is 6.72. The molecule has 27 valence electrons. The summed E-state index contributed by atoms with van der Waals surface area (Å²) < 4.78 is 0. The van der Waals surface area contributed by atoms with E-state index >= 15 is 0 Å². The van der Waals surface area contributed by atoms with E-state index in [1.54, 1.807) is 0 Å². The Morgan fingerprint density at radius 3 is 1.40 bits per heavy atom. The second-order valence-corrected chi connectivity index (χ2v) is 0.250. The molecule has 1 radical (unpaired) electrons. The van der Waals surface area contributed by atoms with Crippen LogP contribution in [0.1, 0.15) is 0 Å². The molecule has 0 saturated heterocycles. The van der Waals surface area contributed by atoms with Gasteiger partial charge in [0.05, 0.1) is 0 Å². The third-order valence-corrected chi connectivity index (χ3v) is 0. The fourth-order valence-corrected chi connectivity index (χ4v) is 0. The molecular weight excluding hydrogens is 112 g/mol. The zero-order chi connectivity index (χ0) is 3.58. The van der Waals surface area contributed by atoms with Crippen LogP contribution in [-0.2, 0) is 17.4 Å². The van der Waals surface area contributed by atoms with Gasteiger partial charge in [-0.2, -0.15) is 0 Å². The molecule has 0 aromatic rings. The van der Waals surface area contributed by atoms with Gasteiger partial charge in [0.25, 0.3) is 0 Å². The first kappa shape index (κ1) is 8.84. The standard InChI is InChI=1S/CH2O3.Cr/c2-1(3)4;/h(H2,2,3,4);/q;+3/p-2. The van der Waals surface area contributed by atoms with Crippen molar-refractivity contribution in [3.63, 3.8) is 0 Å². The number of carbonyl (C=O) groups excluding carboxylic acids is 1. The summed E-state index contributed by atoms with van der Waals surface area (Å²) in [7, 11) is 0.